The molecule has 0 bridgehead atoms. The Morgan fingerprint density at radius 3 is 1.75 bits per heavy atom. The number of ether oxygens (including phenoxy) is 2. The van der Waals surface area contributed by atoms with Crippen molar-refractivity contribution in [1.29, 1.82) is 0 Å². The molecule has 24 heavy (non-hydrogen) atoms. The molecule has 15 heteroatoms. The molecule has 0 aliphatic rings. The van der Waals surface area contributed by atoms with Gasteiger partial charge < -0.3 is 26.0 Å². The molecule has 0 aromatic rings. The van der Waals surface area contributed by atoms with Crippen molar-refractivity contribution in [2.24, 2.45) is 11.5 Å². The highest BCUT2D eigenvalue weighted by Gasteiger charge is 2.33. The zero-order valence-electron chi connectivity index (χ0n) is 12.4. The summed E-state index contributed by atoms with van der Waals surface area (Å²) in [6.45, 7) is -0.137. The fourth-order valence-electron chi connectivity index (χ4n) is 1.22. The molecule has 0 aliphatic heterocycles. The number of nitrogens with two attached hydrogens (primary N) is 2. The van der Waals surface area contributed by atoms with Gasteiger partial charge in [0.1, 0.15) is 23.6 Å². The Balaban J connectivity index is 4.59. The largest absolute Gasteiger partial charge is 0.458 e. The molecule has 0 rings (SSSR count). The van der Waals surface area contributed by atoms with Crippen molar-refractivity contribution < 1.29 is 50.1 Å². The molecule has 0 radical (unpaired) electrons. The zero-order chi connectivity index (χ0) is 19.3. The van der Waals surface area contributed by atoms with Crippen molar-refractivity contribution in [3.63, 3.8) is 0 Å². The predicted octanol–water partition coefficient (Wildman–Crippen LogP) is -3.79. The Labute approximate surface area is 137 Å². The highest BCUT2D eigenvalue weighted by molar-refractivity contribution is 7.86. The predicted molar refractivity (Wildman–Crippen MR) is 76.5 cm³/mol. The van der Waals surface area contributed by atoms with Gasteiger partial charge in [-0.2, -0.15) is 16.8 Å². The maximum Gasteiger partial charge on any atom is 0.326 e. The molecule has 1 unspecified atom stereocenters. The second-order valence-electron chi connectivity index (χ2n) is 4.91. The monoisotopic (exact) mass is 394 g/mol. The first-order chi connectivity index (χ1) is 10.5. The van der Waals surface area contributed by atoms with Gasteiger partial charge in [0.25, 0.3) is 20.2 Å². The summed E-state index contributed by atoms with van der Waals surface area (Å²) >= 11 is 0. The van der Waals surface area contributed by atoms with E-state index in [9.17, 15) is 31.5 Å². The fraction of sp³-hybridized carbons (Fsp3) is 0.778. The van der Waals surface area contributed by atoms with Crippen LogP contribution in [0.5, 0.6) is 0 Å². The number of carbonyl (C=O) groups is 2. The third-order valence-electron chi connectivity index (χ3n) is 2.19. The Morgan fingerprint density at radius 1 is 1.00 bits per heavy atom. The summed E-state index contributed by atoms with van der Waals surface area (Å²) in [7, 11) is -9.11. The van der Waals surface area contributed by atoms with Crippen LogP contribution in [0.2, 0.25) is 0 Å². The molecule has 3 atom stereocenters. The molecule has 13 nitrogen and oxygen atoms in total. The van der Waals surface area contributed by atoms with E-state index in [0.717, 1.165) is 6.92 Å². The van der Waals surface area contributed by atoms with Crippen molar-refractivity contribution in [3.05, 3.63) is 0 Å². The Morgan fingerprint density at radius 2 is 1.38 bits per heavy atom. The second-order valence-corrected chi connectivity index (χ2v) is 7.91. The van der Waals surface area contributed by atoms with Crippen LogP contribution in [0.4, 0.5) is 0 Å². The summed E-state index contributed by atoms with van der Waals surface area (Å²) in [5.41, 5.74) is 10.3. The number of rotatable bonds is 9. The average Bonchev–Trinajstić information content (AvgIpc) is 2.31. The maximum atomic E-state index is 11.4. The van der Waals surface area contributed by atoms with Gasteiger partial charge >= 0.3 is 11.9 Å². The van der Waals surface area contributed by atoms with Crippen molar-refractivity contribution in [2.75, 3.05) is 18.1 Å². The van der Waals surface area contributed by atoms with Crippen molar-refractivity contribution in [2.45, 2.75) is 24.8 Å². The van der Waals surface area contributed by atoms with Gasteiger partial charge in [-0.3, -0.25) is 18.7 Å². The third-order valence-corrected chi connectivity index (χ3v) is 3.75. The van der Waals surface area contributed by atoms with E-state index in [1.54, 1.807) is 0 Å². The maximum absolute atomic E-state index is 11.4. The first-order valence-electron chi connectivity index (χ1n) is 6.06. The molecule has 142 valence electrons. The van der Waals surface area contributed by atoms with Gasteiger partial charge in [-0.1, -0.05) is 0 Å². The van der Waals surface area contributed by atoms with E-state index in [1.807, 2.05) is 0 Å². The topological polar surface area (TPSA) is 234 Å². The molecule has 0 saturated heterocycles. The van der Waals surface area contributed by atoms with E-state index in [-0.39, 0.29) is 0 Å². The zero-order valence-corrected chi connectivity index (χ0v) is 14.0. The molecule has 0 aliphatic carbocycles. The Kier molecular flexibility index (Phi) is 7.68. The SMILES string of the molecule is CC(O)(COC(=O)[C@@H](N)CS(=O)(=O)O)OC(=O)[C@@H](N)CS(=O)(=O)O. The Bertz CT molecular complexity index is 670. The van der Waals surface area contributed by atoms with E-state index < -0.39 is 68.2 Å². The summed E-state index contributed by atoms with van der Waals surface area (Å²) in [6.07, 6.45) is 0. The number of esters is 2. The highest BCUT2D eigenvalue weighted by Crippen LogP contribution is 2.09. The molecular weight excluding hydrogens is 376 g/mol. The lowest BCUT2D eigenvalue weighted by Crippen LogP contribution is -2.47. The van der Waals surface area contributed by atoms with Crippen LogP contribution in [0.15, 0.2) is 0 Å². The highest BCUT2D eigenvalue weighted by atomic mass is 32.2. The smallest absolute Gasteiger partial charge is 0.326 e. The molecule has 0 aromatic carbocycles. The van der Waals surface area contributed by atoms with E-state index in [1.165, 1.54) is 0 Å². The molecular formula is C9H18N2O11S2. The summed E-state index contributed by atoms with van der Waals surface area (Å²) in [4.78, 5) is 22.8. The van der Waals surface area contributed by atoms with E-state index in [0.29, 0.717) is 0 Å². The van der Waals surface area contributed by atoms with Crippen LogP contribution in [-0.4, -0.2) is 79.0 Å². The first-order valence-corrected chi connectivity index (χ1v) is 9.27. The minimum Gasteiger partial charge on any atom is -0.458 e. The van der Waals surface area contributed by atoms with Gasteiger partial charge in [-0.15, -0.1) is 0 Å². The molecule has 0 spiro atoms. The molecule has 0 amide bonds. The second kappa shape index (κ2) is 8.15. The lowest BCUT2D eigenvalue weighted by molar-refractivity contribution is -0.221. The van der Waals surface area contributed by atoms with Crippen molar-refractivity contribution >= 4 is 32.2 Å². The van der Waals surface area contributed by atoms with E-state index in [2.05, 4.69) is 9.47 Å². The van der Waals surface area contributed by atoms with Crippen LogP contribution in [0.1, 0.15) is 6.92 Å². The summed E-state index contributed by atoms with van der Waals surface area (Å²) in [5.74, 6) is -7.49. The number of aliphatic hydroxyl groups is 1. The first kappa shape index (κ1) is 22.6. The van der Waals surface area contributed by atoms with Gasteiger partial charge in [-0.05, 0) is 0 Å². The minimum atomic E-state index is -4.57. The number of hydrogen-bond acceptors (Lipinski definition) is 11. The molecule has 0 heterocycles. The van der Waals surface area contributed by atoms with Crippen LogP contribution in [-0.2, 0) is 39.3 Å². The fourth-order valence-corrected chi connectivity index (χ4v) is 2.40. The molecule has 0 saturated carbocycles. The lowest BCUT2D eigenvalue weighted by atomic mass is 10.3. The molecule has 0 fully saturated rings. The van der Waals surface area contributed by atoms with Gasteiger partial charge in [-0.25, -0.2) is 0 Å². The van der Waals surface area contributed by atoms with E-state index >= 15 is 0 Å². The van der Waals surface area contributed by atoms with Crippen LogP contribution in [0.3, 0.4) is 0 Å². The summed E-state index contributed by atoms with van der Waals surface area (Å²) in [5, 5.41) is 9.70. The summed E-state index contributed by atoms with van der Waals surface area (Å²) in [6, 6.07) is -3.57. The average molecular weight is 394 g/mol. The van der Waals surface area contributed by atoms with Crippen molar-refractivity contribution in [1.82, 2.24) is 0 Å². The van der Waals surface area contributed by atoms with Crippen LogP contribution in [0.25, 0.3) is 0 Å². The van der Waals surface area contributed by atoms with Gasteiger partial charge in [0.15, 0.2) is 6.61 Å². The van der Waals surface area contributed by atoms with Crippen molar-refractivity contribution in [3.8, 4) is 0 Å². The third kappa shape index (κ3) is 10.4. The van der Waals surface area contributed by atoms with Crippen LogP contribution in [0, 0.1) is 0 Å². The lowest BCUT2D eigenvalue weighted by Gasteiger charge is -2.25. The Hall–Kier alpha value is -1.36. The quantitative estimate of drug-likeness (QED) is 0.143. The number of hydrogen-bond donors (Lipinski definition) is 5. The normalized spacial score (nSPS) is 17.4. The molecule has 0 aromatic heterocycles. The standard InChI is InChI=1S/C9H18N2O11S2/c1-9(14,22-8(13)6(11)3-24(18,19)20)4-21-7(12)5(10)2-23(15,16)17/h5-6,14H,2-4,10-11H2,1H3,(H,15,16,17)(H,18,19,20)/t5-,6-,9?/m0/s1. The summed E-state index contributed by atoms with van der Waals surface area (Å²) < 4.78 is 68.1. The van der Waals surface area contributed by atoms with E-state index in [4.69, 9.17) is 20.6 Å². The van der Waals surface area contributed by atoms with Gasteiger partial charge in [0.2, 0.25) is 5.79 Å². The minimum absolute atomic E-state index is 0.854. The van der Waals surface area contributed by atoms with Crippen LogP contribution >= 0.6 is 0 Å². The van der Waals surface area contributed by atoms with Gasteiger partial charge in [0, 0.05) is 6.92 Å². The number of carbonyl (C=O) groups excluding carboxylic acids is 2. The molecule has 7 N–H and O–H groups in total. The van der Waals surface area contributed by atoms with Crippen LogP contribution < -0.4 is 11.5 Å². The van der Waals surface area contributed by atoms with Gasteiger partial charge in [0.05, 0.1) is 0 Å².